The molecule has 1 heteroatoms. The van der Waals surface area contributed by atoms with Gasteiger partial charge < -0.3 is 4.90 Å². The molecule has 0 unspecified atom stereocenters. The van der Waals surface area contributed by atoms with E-state index in [2.05, 4.69) is 274 Å². The van der Waals surface area contributed by atoms with Gasteiger partial charge in [0.15, 0.2) is 0 Å². The lowest BCUT2D eigenvalue weighted by atomic mass is 9.67. The lowest BCUT2D eigenvalue weighted by molar-refractivity contribution is 0.588. The fourth-order valence-electron chi connectivity index (χ4n) is 12.9. The van der Waals surface area contributed by atoms with E-state index in [-0.39, 0.29) is 21.7 Å². The quantitative estimate of drug-likeness (QED) is 0.161. The minimum absolute atomic E-state index is 0.0231. The first-order valence-electron chi connectivity index (χ1n) is 25.3. The van der Waals surface area contributed by atoms with Crippen LogP contribution in [0.1, 0.15) is 125 Å². The number of hydrogen-bond donors (Lipinski definition) is 0. The van der Waals surface area contributed by atoms with Crippen LogP contribution in [0.25, 0.3) is 44.5 Å². The van der Waals surface area contributed by atoms with Crippen molar-refractivity contribution in [2.75, 3.05) is 4.90 Å². The molecular weight excluding hydrogens is 843 g/mol. The Kier molecular flexibility index (Phi) is 9.68. The van der Waals surface area contributed by atoms with E-state index in [1.54, 1.807) is 0 Å². The van der Waals surface area contributed by atoms with E-state index in [1.807, 2.05) is 0 Å². The molecule has 0 atom stereocenters. The van der Waals surface area contributed by atoms with Gasteiger partial charge in [0.1, 0.15) is 0 Å². The van der Waals surface area contributed by atoms with Crippen LogP contribution in [0.4, 0.5) is 17.1 Å². The van der Waals surface area contributed by atoms with Gasteiger partial charge in [-0.3, -0.25) is 0 Å². The molecule has 0 radical (unpaired) electrons. The van der Waals surface area contributed by atoms with Crippen LogP contribution in [0.5, 0.6) is 0 Å². The van der Waals surface area contributed by atoms with Crippen molar-refractivity contribution in [3.63, 3.8) is 0 Å². The van der Waals surface area contributed by atoms with Gasteiger partial charge in [-0.1, -0.05) is 239 Å². The zero-order valence-electron chi connectivity index (χ0n) is 42.5. The van der Waals surface area contributed by atoms with Crippen molar-refractivity contribution in [3.05, 3.63) is 256 Å². The predicted octanol–water partition coefficient (Wildman–Crippen LogP) is 18.4. The van der Waals surface area contributed by atoms with E-state index in [0.717, 1.165) is 17.1 Å². The monoisotopic (exact) mass is 905 g/mol. The number of anilines is 3. The van der Waals surface area contributed by atoms with Gasteiger partial charge in [-0.05, 0) is 136 Å². The van der Waals surface area contributed by atoms with Crippen LogP contribution >= 0.6 is 0 Å². The summed E-state index contributed by atoms with van der Waals surface area (Å²) in [6.07, 6.45) is 0. The molecule has 0 aromatic heterocycles. The molecular formula is C69H63N. The summed E-state index contributed by atoms with van der Waals surface area (Å²) in [7, 11) is 0. The topological polar surface area (TPSA) is 3.24 Å². The Morgan fingerprint density at radius 1 is 0.314 bits per heavy atom. The number of rotatable bonds is 6. The third kappa shape index (κ3) is 6.36. The highest BCUT2D eigenvalue weighted by atomic mass is 15.1. The summed E-state index contributed by atoms with van der Waals surface area (Å²) in [6, 6.07) is 77.0. The maximum atomic E-state index is 2.57. The van der Waals surface area contributed by atoms with Gasteiger partial charge in [-0.2, -0.15) is 0 Å². The summed E-state index contributed by atoms with van der Waals surface area (Å²) in [4.78, 5) is 2.57. The largest absolute Gasteiger partial charge is 0.310 e. The lowest BCUT2D eigenvalue weighted by Gasteiger charge is -2.36. The summed E-state index contributed by atoms with van der Waals surface area (Å²) < 4.78 is 0. The van der Waals surface area contributed by atoms with Crippen LogP contribution in [0.2, 0.25) is 0 Å². The molecule has 0 amide bonds. The van der Waals surface area contributed by atoms with Gasteiger partial charge in [-0.25, -0.2) is 0 Å². The van der Waals surface area contributed by atoms with Crippen LogP contribution in [-0.4, -0.2) is 0 Å². The third-order valence-corrected chi connectivity index (χ3v) is 16.5. The standard InChI is InChI=1S/C69H63N/c1-65(2,3)44-30-34-46(35-31-44)69(47-36-32-45(33-37-47)66(4,5)6)60-28-17-13-21-51(60)54-41-39-49(43-62(54)69)70(48-38-40-53-50-20-11-15-26-58(50)67(7,8)61(53)42-48)63-29-18-14-23-55(63)57-25-19-24-56-52-22-12-16-27-59(52)68(9,10)64(56)57/h11-43H,1-10H3. The Labute approximate surface area is 416 Å². The molecule has 70 heavy (non-hydrogen) atoms. The molecule has 1 nitrogen and oxygen atoms in total. The first-order chi connectivity index (χ1) is 33.5. The van der Waals surface area contributed by atoms with E-state index >= 15 is 0 Å². The number of hydrogen-bond acceptors (Lipinski definition) is 1. The smallest absolute Gasteiger partial charge is 0.0714 e. The molecule has 12 rings (SSSR count). The maximum Gasteiger partial charge on any atom is 0.0714 e. The molecule has 3 aliphatic rings. The van der Waals surface area contributed by atoms with Crippen molar-refractivity contribution in [3.8, 4) is 44.5 Å². The Morgan fingerprint density at radius 2 is 0.700 bits per heavy atom. The molecule has 3 aliphatic carbocycles. The Morgan fingerprint density at radius 3 is 1.24 bits per heavy atom. The van der Waals surface area contributed by atoms with Crippen LogP contribution in [-0.2, 0) is 27.1 Å². The van der Waals surface area contributed by atoms with E-state index in [0.29, 0.717) is 0 Å². The summed E-state index contributed by atoms with van der Waals surface area (Å²) in [6.45, 7) is 23.5. The second-order valence-electron chi connectivity index (χ2n) is 23.3. The molecule has 0 fully saturated rings. The number of fused-ring (bicyclic) bond motifs is 9. The minimum Gasteiger partial charge on any atom is -0.310 e. The van der Waals surface area contributed by atoms with Gasteiger partial charge in [-0.15, -0.1) is 0 Å². The van der Waals surface area contributed by atoms with Crippen molar-refractivity contribution in [1.29, 1.82) is 0 Å². The van der Waals surface area contributed by atoms with Crippen LogP contribution in [0.3, 0.4) is 0 Å². The molecule has 344 valence electrons. The maximum absolute atomic E-state index is 2.57. The highest BCUT2D eigenvalue weighted by Gasteiger charge is 2.47. The Bertz CT molecular complexity index is 3490. The summed E-state index contributed by atoms with van der Waals surface area (Å²) in [5.41, 5.74) is 26.2. The van der Waals surface area contributed by atoms with Crippen LogP contribution in [0, 0.1) is 0 Å². The number of nitrogens with zero attached hydrogens (tertiary/aromatic N) is 1. The van der Waals surface area contributed by atoms with Gasteiger partial charge in [0, 0.05) is 27.8 Å². The highest BCUT2D eigenvalue weighted by Crippen LogP contribution is 2.59. The summed E-state index contributed by atoms with van der Waals surface area (Å²) >= 11 is 0. The van der Waals surface area contributed by atoms with Crippen LogP contribution in [0.15, 0.2) is 200 Å². The predicted molar refractivity (Wildman–Crippen MR) is 296 cm³/mol. The van der Waals surface area contributed by atoms with Crippen LogP contribution < -0.4 is 4.90 Å². The second-order valence-corrected chi connectivity index (χ2v) is 23.3. The molecule has 9 aromatic carbocycles. The summed E-state index contributed by atoms with van der Waals surface area (Å²) in [5, 5.41) is 0. The van der Waals surface area contributed by atoms with Gasteiger partial charge in [0.05, 0.1) is 11.1 Å². The van der Waals surface area contributed by atoms with E-state index < -0.39 is 5.41 Å². The Hall–Kier alpha value is -7.22. The van der Waals surface area contributed by atoms with Crippen molar-refractivity contribution in [1.82, 2.24) is 0 Å². The normalized spacial score (nSPS) is 15.3. The Balaban J connectivity index is 1.14. The molecule has 0 N–H and O–H groups in total. The SMILES string of the molecule is CC(C)(C)c1ccc(C2(c3ccc(C(C)(C)C)cc3)c3ccccc3-c3ccc(N(c4ccc5c(c4)C(C)(C)c4ccccc4-5)c4ccccc4-c4cccc5c4C(C)(C)c4ccccc4-5)cc32)cc1. The fourth-order valence-corrected chi connectivity index (χ4v) is 12.9. The van der Waals surface area contributed by atoms with Crippen molar-refractivity contribution in [2.45, 2.75) is 96.3 Å². The minimum atomic E-state index is -0.586. The molecule has 0 saturated heterocycles. The van der Waals surface area contributed by atoms with Gasteiger partial charge in [0.2, 0.25) is 0 Å². The summed E-state index contributed by atoms with van der Waals surface area (Å²) in [5.74, 6) is 0. The van der Waals surface area contributed by atoms with E-state index in [9.17, 15) is 0 Å². The third-order valence-electron chi connectivity index (χ3n) is 16.5. The second kappa shape index (κ2) is 15.4. The zero-order valence-corrected chi connectivity index (χ0v) is 42.5. The fraction of sp³-hybridized carbons (Fsp3) is 0.217. The molecule has 0 bridgehead atoms. The number of benzene rings is 9. The molecule has 0 spiro atoms. The van der Waals surface area contributed by atoms with Gasteiger partial charge >= 0.3 is 0 Å². The molecule has 0 saturated carbocycles. The van der Waals surface area contributed by atoms with E-state index in [1.165, 1.54) is 100 Å². The van der Waals surface area contributed by atoms with Crippen molar-refractivity contribution < 1.29 is 0 Å². The first-order valence-corrected chi connectivity index (χ1v) is 25.3. The average Bonchev–Trinajstić information content (AvgIpc) is 3.88. The number of para-hydroxylation sites is 1. The van der Waals surface area contributed by atoms with Crippen molar-refractivity contribution in [2.24, 2.45) is 0 Å². The van der Waals surface area contributed by atoms with Gasteiger partial charge in [0.25, 0.3) is 0 Å². The lowest BCUT2D eigenvalue weighted by Crippen LogP contribution is -2.29. The molecule has 0 aliphatic heterocycles. The first kappa shape index (κ1) is 44.0. The van der Waals surface area contributed by atoms with E-state index in [4.69, 9.17) is 0 Å². The molecule has 9 aromatic rings. The van der Waals surface area contributed by atoms with Crippen molar-refractivity contribution >= 4 is 17.1 Å². The zero-order chi connectivity index (χ0) is 48.5. The average molecular weight is 906 g/mol. The molecule has 0 heterocycles. The highest BCUT2D eigenvalue weighted by molar-refractivity contribution is 5.97.